The molecule has 0 spiro atoms. The number of H-pyrrole nitrogens is 1. The predicted octanol–water partition coefficient (Wildman–Crippen LogP) is 3.31. The van der Waals surface area contributed by atoms with Crippen molar-refractivity contribution in [3.8, 4) is 0 Å². The van der Waals surface area contributed by atoms with Gasteiger partial charge in [-0.25, -0.2) is 12.8 Å². The highest BCUT2D eigenvalue weighted by Gasteiger charge is 2.27. The third-order valence-electron chi connectivity index (χ3n) is 4.77. The molecule has 1 heterocycles. The number of benzene rings is 2. The van der Waals surface area contributed by atoms with Gasteiger partial charge in [0.15, 0.2) is 0 Å². The molecule has 0 unspecified atom stereocenters. The minimum Gasteiger partial charge on any atom is -0.325 e. The van der Waals surface area contributed by atoms with Crippen molar-refractivity contribution in [2.75, 3.05) is 5.32 Å². The number of halogens is 1. The van der Waals surface area contributed by atoms with Gasteiger partial charge in [-0.15, -0.1) is 0 Å². The summed E-state index contributed by atoms with van der Waals surface area (Å²) in [6.45, 7) is 5.34. The molecule has 1 amide bonds. The van der Waals surface area contributed by atoms with Gasteiger partial charge in [0.25, 0.3) is 0 Å². The first-order valence-corrected chi connectivity index (χ1v) is 11.3. The second-order valence-electron chi connectivity index (χ2n) is 7.83. The summed E-state index contributed by atoms with van der Waals surface area (Å²) in [4.78, 5) is 26.8. The zero-order chi connectivity index (χ0) is 22.8. The number of sulfonamides is 1. The van der Waals surface area contributed by atoms with Crippen molar-refractivity contribution in [3.63, 3.8) is 0 Å². The molecule has 31 heavy (non-hydrogen) atoms. The van der Waals surface area contributed by atoms with Crippen molar-refractivity contribution in [1.82, 2.24) is 9.71 Å². The Balaban J connectivity index is 1.86. The van der Waals surface area contributed by atoms with Gasteiger partial charge in [0, 0.05) is 17.3 Å². The van der Waals surface area contributed by atoms with E-state index in [9.17, 15) is 22.4 Å². The Hall–Kier alpha value is -3.04. The number of anilines is 1. The molecule has 3 N–H and O–H groups in total. The maximum atomic E-state index is 13.8. The van der Waals surface area contributed by atoms with Gasteiger partial charge in [-0.3, -0.25) is 9.59 Å². The molecular formula is C22H24FN3O4S. The average Bonchev–Trinajstić information content (AvgIpc) is 2.69. The minimum atomic E-state index is -4.04. The van der Waals surface area contributed by atoms with Crippen LogP contribution in [0.1, 0.15) is 25.8 Å². The van der Waals surface area contributed by atoms with E-state index in [-0.39, 0.29) is 28.5 Å². The summed E-state index contributed by atoms with van der Waals surface area (Å²) in [6.07, 6.45) is 0.250. The van der Waals surface area contributed by atoms with Crippen molar-refractivity contribution in [2.24, 2.45) is 5.92 Å². The normalized spacial score (nSPS) is 12.8. The molecule has 0 radical (unpaired) electrons. The van der Waals surface area contributed by atoms with Gasteiger partial charge in [-0.1, -0.05) is 19.9 Å². The smallest absolute Gasteiger partial charge is 0.248 e. The second kappa shape index (κ2) is 8.99. The van der Waals surface area contributed by atoms with E-state index in [0.717, 1.165) is 0 Å². The van der Waals surface area contributed by atoms with Gasteiger partial charge in [0.1, 0.15) is 11.9 Å². The molecular weight excluding hydrogens is 421 g/mol. The number of aromatic amines is 1. The standard InChI is InChI=1S/C22H24FN3O4S/c1-13(2)10-20(22(28)24-16-6-4-14(3)18(23)12-16)26-31(29,30)17-7-8-19-15(11-17)5-9-21(27)25-19/h4-9,11-13,20,26H,10H2,1-3H3,(H,24,28)(H,25,27)/t20-/m0/s1. The summed E-state index contributed by atoms with van der Waals surface area (Å²) < 4.78 is 42.2. The number of carbonyl (C=O) groups is 1. The monoisotopic (exact) mass is 445 g/mol. The van der Waals surface area contributed by atoms with Crippen LogP contribution < -0.4 is 15.6 Å². The molecule has 7 nitrogen and oxygen atoms in total. The van der Waals surface area contributed by atoms with Crippen molar-refractivity contribution < 1.29 is 17.6 Å². The van der Waals surface area contributed by atoms with Gasteiger partial charge in [0.05, 0.1) is 4.90 Å². The maximum absolute atomic E-state index is 13.8. The fourth-order valence-electron chi connectivity index (χ4n) is 3.13. The van der Waals surface area contributed by atoms with E-state index in [4.69, 9.17) is 0 Å². The lowest BCUT2D eigenvalue weighted by atomic mass is 10.0. The number of pyridine rings is 1. The number of nitrogens with one attached hydrogen (secondary N) is 3. The lowest BCUT2D eigenvalue weighted by molar-refractivity contribution is -0.118. The zero-order valence-corrected chi connectivity index (χ0v) is 18.2. The summed E-state index contributed by atoms with van der Waals surface area (Å²) in [7, 11) is -4.04. The summed E-state index contributed by atoms with van der Waals surface area (Å²) >= 11 is 0. The van der Waals surface area contributed by atoms with Crippen molar-refractivity contribution in [1.29, 1.82) is 0 Å². The first kappa shape index (κ1) is 22.6. The van der Waals surface area contributed by atoms with Gasteiger partial charge >= 0.3 is 0 Å². The van der Waals surface area contributed by atoms with Crippen LogP contribution in [0.25, 0.3) is 10.9 Å². The topological polar surface area (TPSA) is 108 Å². The highest BCUT2D eigenvalue weighted by Crippen LogP contribution is 2.19. The third-order valence-corrected chi connectivity index (χ3v) is 6.24. The number of rotatable bonds is 7. The summed E-state index contributed by atoms with van der Waals surface area (Å²) in [6, 6.07) is 10.3. The van der Waals surface area contributed by atoms with Gasteiger partial charge in [-0.2, -0.15) is 4.72 Å². The molecule has 1 atom stereocenters. The molecule has 0 aliphatic heterocycles. The second-order valence-corrected chi connectivity index (χ2v) is 9.54. The molecule has 0 aliphatic rings. The van der Waals surface area contributed by atoms with Crippen LogP contribution in [0.3, 0.4) is 0 Å². The number of aromatic nitrogens is 1. The Morgan fingerprint density at radius 3 is 2.52 bits per heavy atom. The number of hydrogen-bond acceptors (Lipinski definition) is 4. The Morgan fingerprint density at radius 1 is 1.10 bits per heavy atom. The van der Waals surface area contributed by atoms with Crippen molar-refractivity contribution in [3.05, 3.63) is 70.3 Å². The Kier molecular flexibility index (Phi) is 6.56. The molecule has 0 saturated heterocycles. The van der Waals surface area contributed by atoms with Gasteiger partial charge < -0.3 is 10.3 Å². The van der Waals surface area contributed by atoms with Crippen LogP contribution in [0.2, 0.25) is 0 Å². The van der Waals surface area contributed by atoms with Gasteiger partial charge in [-0.05, 0) is 66.6 Å². The molecule has 0 bridgehead atoms. The first-order chi connectivity index (χ1) is 14.5. The SMILES string of the molecule is Cc1ccc(NC(=O)[C@H](CC(C)C)NS(=O)(=O)c2ccc3[nH]c(=O)ccc3c2)cc1F. The van der Waals surface area contributed by atoms with Crippen LogP contribution in [-0.4, -0.2) is 25.4 Å². The predicted molar refractivity (Wildman–Crippen MR) is 118 cm³/mol. The summed E-state index contributed by atoms with van der Waals surface area (Å²) in [5, 5.41) is 3.12. The van der Waals surface area contributed by atoms with Crippen LogP contribution >= 0.6 is 0 Å². The van der Waals surface area contributed by atoms with E-state index >= 15 is 0 Å². The molecule has 3 aromatic rings. The molecule has 9 heteroatoms. The van der Waals surface area contributed by atoms with Crippen molar-refractivity contribution >= 4 is 32.5 Å². The number of amides is 1. The summed E-state index contributed by atoms with van der Waals surface area (Å²) in [5.74, 6) is -1.02. The van der Waals surface area contributed by atoms with E-state index in [1.165, 1.54) is 42.5 Å². The lowest BCUT2D eigenvalue weighted by Gasteiger charge is -2.20. The number of carbonyl (C=O) groups excluding carboxylic acids is 1. The number of hydrogen-bond donors (Lipinski definition) is 3. The molecule has 0 saturated carbocycles. The third kappa shape index (κ3) is 5.56. The lowest BCUT2D eigenvalue weighted by Crippen LogP contribution is -2.44. The Morgan fingerprint density at radius 2 is 1.84 bits per heavy atom. The van der Waals surface area contributed by atoms with E-state index < -0.39 is 27.8 Å². The molecule has 0 fully saturated rings. The Bertz CT molecular complexity index is 1290. The highest BCUT2D eigenvalue weighted by atomic mass is 32.2. The van der Waals surface area contributed by atoms with E-state index in [2.05, 4.69) is 15.0 Å². The molecule has 0 aliphatic carbocycles. The summed E-state index contributed by atoms with van der Waals surface area (Å²) in [5.41, 5.74) is 0.901. The number of fused-ring (bicyclic) bond motifs is 1. The van der Waals surface area contributed by atoms with Crippen LogP contribution in [0, 0.1) is 18.7 Å². The van der Waals surface area contributed by atoms with Crippen LogP contribution in [0.5, 0.6) is 0 Å². The van der Waals surface area contributed by atoms with Crippen molar-refractivity contribution in [2.45, 2.75) is 38.1 Å². The van der Waals surface area contributed by atoms with E-state index in [0.29, 0.717) is 16.5 Å². The van der Waals surface area contributed by atoms with Crippen LogP contribution in [-0.2, 0) is 14.8 Å². The molecule has 164 valence electrons. The highest BCUT2D eigenvalue weighted by molar-refractivity contribution is 7.89. The zero-order valence-electron chi connectivity index (χ0n) is 17.4. The first-order valence-electron chi connectivity index (χ1n) is 9.77. The van der Waals surface area contributed by atoms with Crippen LogP contribution in [0.4, 0.5) is 10.1 Å². The Labute approximate surface area is 179 Å². The molecule has 3 rings (SSSR count). The maximum Gasteiger partial charge on any atom is 0.248 e. The van der Waals surface area contributed by atoms with E-state index in [1.807, 2.05) is 13.8 Å². The quantitative estimate of drug-likeness (QED) is 0.518. The molecule has 1 aromatic heterocycles. The van der Waals surface area contributed by atoms with Crippen LogP contribution in [0.15, 0.2) is 58.2 Å². The fourth-order valence-corrected chi connectivity index (χ4v) is 4.38. The molecule has 2 aromatic carbocycles. The number of aryl methyl sites for hydroxylation is 1. The van der Waals surface area contributed by atoms with Gasteiger partial charge in [0.2, 0.25) is 21.5 Å². The largest absolute Gasteiger partial charge is 0.325 e. The average molecular weight is 446 g/mol. The minimum absolute atomic E-state index is 0.0230. The fraction of sp³-hybridized carbons (Fsp3) is 0.273. The van der Waals surface area contributed by atoms with E-state index in [1.54, 1.807) is 13.0 Å².